The van der Waals surface area contributed by atoms with Crippen LogP contribution in [0.2, 0.25) is 0 Å². The van der Waals surface area contributed by atoms with Gasteiger partial charge in [-0.05, 0) is 28.8 Å². The molecule has 2 rings (SSSR count). The zero-order valence-corrected chi connectivity index (χ0v) is 9.91. The Morgan fingerprint density at radius 2 is 2.29 bits per heavy atom. The van der Waals surface area contributed by atoms with Crippen molar-refractivity contribution in [3.05, 3.63) is 40.5 Å². The van der Waals surface area contributed by atoms with Gasteiger partial charge in [0.05, 0.1) is 12.4 Å². The smallest absolute Gasteiger partial charge is 0.271 e. The van der Waals surface area contributed by atoms with Crippen LogP contribution in [0.5, 0.6) is 0 Å². The molecule has 0 aliphatic rings. The number of hydrogen-bond donors (Lipinski definition) is 2. The molecule has 0 aliphatic carbocycles. The van der Waals surface area contributed by atoms with Crippen molar-refractivity contribution < 1.29 is 4.79 Å². The second kappa shape index (κ2) is 5.40. The van der Waals surface area contributed by atoms with Gasteiger partial charge in [0.1, 0.15) is 11.5 Å². The summed E-state index contributed by atoms with van der Waals surface area (Å²) >= 11 is 1.65. The van der Waals surface area contributed by atoms with Gasteiger partial charge in [-0.25, -0.2) is 9.97 Å². The molecule has 0 bridgehead atoms. The first kappa shape index (κ1) is 11.5. The second-order valence-electron chi connectivity index (χ2n) is 3.46. The molecule has 17 heavy (non-hydrogen) atoms. The fourth-order valence-electron chi connectivity index (χ4n) is 1.30. The number of carbonyl (C=O) groups excluding carboxylic acids is 1. The van der Waals surface area contributed by atoms with Crippen LogP contribution in [0.25, 0.3) is 0 Å². The van der Waals surface area contributed by atoms with Crippen LogP contribution in [-0.2, 0) is 6.42 Å². The zero-order chi connectivity index (χ0) is 12.1. The first-order chi connectivity index (χ1) is 8.25. The van der Waals surface area contributed by atoms with Crippen LogP contribution in [0, 0.1) is 0 Å². The first-order valence-corrected chi connectivity index (χ1v) is 6.07. The van der Waals surface area contributed by atoms with Gasteiger partial charge >= 0.3 is 0 Å². The van der Waals surface area contributed by atoms with Crippen molar-refractivity contribution in [1.29, 1.82) is 0 Å². The molecule has 0 fully saturated rings. The first-order valence-electron chi connectivity index (χ1n) is 5.12. The van der Waals surface area contributed by atoms with Crippen molar-refractivity contribution in [3.8, 4) is 0 Å². The molecule has 0 radical (unpaired) electrons. The van der Waals surface area contributed by atoms with Gasteiger partial charge in [0.2, 0.25) is 0 Å². The summed E-state index contributed by atoms with van der Waals surface area (Å²) in [6, 6.07) is 2.04. The van der Waals surface area contributed by atoms with Gasteiger partial charge in [0, 0.05) is 6.54 Å². The Balaban J connectivity index is 1.83. The van der Waals surface area contributed by atoms with E-state index in [2.05, 4.69) is 20.7 Å². The van der Waals surface area contributed by atoms with Crippen LogP contribution in [-0.4, -0.2) is 22.4 Å². The Labute approximate surface area is 103 Å². The summed E-state index contributed by atoms with van der Waals surface area (Å²) in [6.45, 7) is 0.585. The highest BCUT2D eigenvalue weighted by Crippen LogP contribution is 2.05. The van der Waals surface area contributed by atoms with E-state index in [1.54, 1.807) is 11.3 Å². The molecular formula is C11H12N4OS. The summed E-state index contributed by atoms with van der Waals surface area (Å²) in [5.74, 6) is 0.0764. The number of nitrogens with two attached hydrogens (primary N) is 1. The van der Waals surface area contributed by atoms with Crippen LogP contribution in [0.4, 0.5) is 5.82 Å². The fraction of sp³-hybridized carbons (Fsp3) is 0.182. The molecule has 0 aromatic carbocycles. The van der Waals surface area contributed by atoms with Crippen molar-refractivity contribution in [1.82, 2.24) is 15.3 Å². The lowest BCUT2D eigenvalue weighted by molar-refractivity contribution is 0.0949. The number of anilines is 1. The van der Waals surface area contributed by atoms with Crippen molar-refractivity contribution >= 4 is 23.1 Å². The van der Waals surface area contributed by atoms with Gasteiger partial charge in [-0.1, -0.05) is 0 Å². The van der Waals surface area contributed by atoms with Gasteiger partial charge in [-0.15, -0.1) is 0 Å². The van der Waals surface area contributed by atoms with Gasteiger partial charge < -0.3 is 11.1 Å². The minimum absolute atomic E-state index is 0.229. The molecule has 0 atom stereocenters. The van der Waals surface area contributed by atoms with E-state index in [1.807, 2.05) is 11.4 Å². The van der Waals surface area contributed by atoms with Crippen LogP contribution in [0.1, 0.15) is 16.1 Å². The summed E-state index contributed by atoms with van der Waals surface area (Å²) < 4.78 is 0. The highest BCUT2D eigenvalue weighted by atomic mass is 32.1. The largest absolute Gasteiger partial charge is 0.382 e. The number of nitrogen functional groups attached to an aromatic ring is 1. The predicted molar refractivity (Wildman–Crippen MR) is 66.8 cm³/mol. The molecule has 88 valence electrons. The molecular weight excluding hydrogens is 236 g/mol. The average molecular weight is 248 g/mol. The number of rotatable bonds is 4. The second-order valence-corrected chi connectivity index (χ2v) is 4.24. The molecule has 5 nitrogen and oxygen atoms in total. The molecule has 6 heteroatoms. The molecule has 0 aliphatic heterocycles. The van der Waals surface area contributed by atoms with Gasteiger partial charge in [-0.2, -0.15) is 11.3 Å². The van der Waals surface area contributed by atoms with Gasteiger partial charge in [0.25, 0.3) is 5.91 Å². The summed E-state index contributed by atoms with van der Waals surface area (Å²) in [5, 5.41) is 6.86. The number of aromatic nitrogens is 2. The molecule has 2 heterocycles. The number of carbonyl (C=O) groups is 1. The third-order valence-corrected chi connectivity index (χ3v) is 2.92. The SMILES string of the molecule is Nc1cnc(C(=O)NCCc2ccsc2)cn1. The minimum Gasteiger partial charge on any atom is -0.382 e. The van der Waals surface area contributed by atoms with E-state index in [1.165, 1.54) is 18.0 Å². The van der Waals surface area contributed by atoms with Crippen LogP contribution < -0.4 is 11.1 Å². The van der Waals surface area contributed by atoms with E-state index in [4.69, 9.17) is 5.73 Å². The van der Waals surface area contributed by atoms with Crippen molar-refractivity contribution in [2.75, 3.05) is 12.3 Å². The Hall–Kier alpha value is -1.95. The van der Waals surface area contributed by atoms with Gasteiger partial charge in [0.15, 0.2) is 0 Å². The molecule has 2 aromatic rings. The third kappa shape index (κ3) is 3.25. The summed E-state index contributed by atoms with van der Waals surface area (Å²) in [4.78, 5) is 19.3. The Morgan fingerprint density at radius 1 is 1.41 bits per heavy atom. The standard InChI is InChI=1S/C11H12N4OS/c12-10-6-14-9(5-15-10)11(16)13-3-1-8-2-4-17-7-8/h2,4-7H,1,3H2,(H2,12,15)(H,13,16). The van der Waals surface area contributed by atoms with Crippen molar-refractivity contribution in [2.45, 2.75) is 6.42 Å². The zero-order valence-electron chi connectivity index (χ0n) is 9.09. The summed E-state index contributed by atoms with van der Waals surface area (Å²) in [7, 11) is 0. The van der Waals surface area contributed by atoms with Crippen molar-refractivity contribution in [3.63, 3.8) is 0 Å². The maximum Gasteiger partial charge on any atom is 0.271 e. The van der Waals surface area contributed by atoms with Crippen LogP contribution >= 0.6 is 11.3 Å². The lowest BCUT2D eigenvalue weighted by Crippen LogP contribution is -2.26. The molecule has 0 saturated heterocycles. The fourth-order valence-corrected chi connectivity index (χ4v) is 2.00. The average Bonchev–Trinajstić information content (AvgIpc) is 2.83. The summed E-state index contributed by atoms with van der Waals surface area (Å²) in [6.07, 6.45) is 3.56. The van der Waals surface area contributed by atoms with Crippen molar-refractivity contribution in [2.24, 2.45) is 0 Å². The Morgan fingerprint density at radius 3 is 2.94 bits per heavy atom. The monoisotopic (exact) mass is 248 g/mol. The quantitative estimate of drug-likeness (QED) is 0.848. The number of nitrogens with zero attached hydrogens (tertiary/aromatic N) is 2. The molecule has 1 amide bonds. The maximum absolute atomic E-state index is 11.6. The van der Waals surface area contributed by atoms with E-state index in [0.717, 1.165) is 6.42 Å². The lowest BCUT2D eigenvalue weighted by Gasteiger charge is -2.03. The molecule has 0 saturated carbocycles. The van der Waals surface area contributed by atoms with Crippen LogP contribution in [0.3, 0.4) is 0 Å². The van der Waals surface area contributed by atoms with E-state index in [0.29, 0.717) is 12.4 Å². The lowest BCUT2D eigenvalue weighted by atomic mass is 10.2. The van der Waals surface area contributed by atoms with E-state index in [-0.39, 0.29) is 11.6 Å². The number of nitrogens with one attached hydrogen (secondary N) is 1. The van der Waals surface area contributed by atoms with E-state index in [9.17, 15) is 4.79 Å². The third-order valence-electron chi connectivity index (χ3n) is 2.18. The number of hydrogen-bond acceptors (Lipinski definition) is 5. The normalized spacial score (nSPS) is 10.1. The predicted octanol–water partition coefficient (Wildman–Crippen LogP) is 1.09. The summed E-state index contributed by atoms with van der Waals surface area (Å²) in [5.41, 5.74) is 6.89. The number of thiophene rings is 1. The van der Waals surface area contributed by atoms with Gasteiger partial charge in [-0.3, -0.25) is 4.79 Å². The number of amides is 1. The van der Waals surface area contributed by atoms with E-state index < -0.39 is 0 Å². The highest BCUT2D eigenvalue weighted by Gasteiger charge is 2.06. The molecule has 0 unspecified atom stereocenters. The molecule has 2 aromatic heterocycles. The molecule has 3 N–H and O–H groups in total. The van der Waals surface area contributed by atoms with E-state index >= 15 is 0 Å². The van der Waals surface area contributed by atoms with Crippen LogP contribution in [0.15, 0.2) is 29.2 Å². The topological polar surface area (TPSA) is 80.9 Å². The maximum atomic E-state index is 11.6. The minimum atomic E-state index is -0.229. The molecule has 0 spiro atoms. The highest BCUT2D eigenvalue weighted by molar-refractivity contribution is 7.07. The Bertz CT molecular complexity index is 481. The Kier molecular flexibility index (Phi) is 3.66.